The van der Waals surface area contributed by atoms with E-state index >= 15 is 0 Å². The van der Waals surface area contributed by atoms with Crippen LogP contribution < -0.4 is 4.90 Å². The number of amides is 1. The number of hydrogen-bond acceptors (Lipinski definition) is 5. The molecule has 0 saturated heterocycles. The molecule has 0 bridgehead atoms. The largest absolute Gasteiger partial charge is 0.312 e. The van der Waals surface area contributed by atoms with Gasteiger partial charge in [-0.15, -0.1) is 10.2 Å². The molecule has 5 nitrogen and oxygen atoms in total. The molecule has 0 aliphatic carbocycles. The number of hydrogen-bond donors (Lipinski definition) is 0. The summed E-state index contributed by atoms with van der Waals surface area (Å²) < 4.78 is 1.84. The van der Waals surface area contributed by atoms with Crippen LogP contribution in [-0.4, -0.2) is 25.9 Å². The average molecular weight is 383 g/mol. The van der Waals surface area contributed by atoms with Gasteiger partial charge in [-0.3, -0.25) is 9.69 Å². The minimum Gasteiger partial charge on any atom is -0.312 e. The molecule has 0 radical (unpaired) electrons. The lowest BCUT2D eigenvalue weighted by molar-refractivity contribution is -0.117. The Hall–Kier alpha value is -2.25. The monoisotopic (exact) mass is 382 g/mol. The van der Waals surface area contributed by atoms with E-state index in [0.29, 0.717) is 6.42 Å². The zero-order chi connectivity index (χ0) is 18.1. The van der Waals surface area contributed by atoms with Gasteiger partial charge in [0.1, 0.15) is 6.33 Å². The summed E-state index contributed by atoms with van der Waals surface area (Å²) in [4.78, 5) is 17.6. The molecule has 2 heterocycles. The van der Waals surface area contributed by atoms with E-state index in [1.807, 2.05) is 59.8 Å². The van der Waals surface area contributed by atoms with Crippen LogP contribution in [0.4, 0.5) is 11.4 Å². The van der Waals surface area contributed by atoms with Gasteiger partial charge in [-0.25, -0.2) is 0 Å². The lowest BCUT2D eigenvalue weighted by Crippen LogP contribution is -2.35. The SMILES string of the molecule is CCC(Sc1nncn1C)C(=O)N1c2ccccc2Sc2ccccc21. The van der Waals surface area contributed by atoms with Gasteiger partial charge in [0.15, 0.2) is 5.16 Å². The molecule has 1 unspecified atom stereocenters. The molecule has 1 atom stereocenters. The van der Waals surface area contributed by atoms with Crippen molar-refractivity contribution in [3.63, 3.8) is 0 Å². The fourth-order valence-corrected chi connectivity index (χ4v) is 4.89. The molecular formula is C19H18N4OS2. The van der Waals surface area contributed by atoms with Gasteiger partial charge in [0.05, 0.1) is 16.6 Å². The molecule has 0 saturated carbocycles. The van der Waals surface area contributed by atoms with Crippen LogP contribution in [0.3, 0.4) is 0 Å². The quantitative estimate of drug-likeness (QED) is 0.621. The van der Waals surface area contributed by atoms with E-state index in [4.69, 9.17) is 0 Å². The Morgan fingerprint density at radius 1 is 1.12 bits per heavy atom. The third-order valence-electron chi connectivity index (χ3n) is 4.22. The Morgan fingerprint density at radius 2 is 1.73 bits per heavy atom. The maximum Gasteiger partial charge on any atom is 0.245 e. The van der Waals surface area contributed by atoms with E-state index < -0.39 is 0 Å². The average Bonchev–Trinajstić information content (AvgIpc) is 3.08. The number of anilines is 2. The van der Waals surface area contributed by atoms with E-state index in [-0.39, 0.29) is 11.2 Å². The molecule has 2 aromatic carbocycles. The fourth-order valence-electron chi connectivity index (χ4n) is 2.90. The molecule has 3 aromatic rings. The maximum absolute atomic E-state index is 13.5. The summed E-state index contributed by atoms with van der Waals surface area (Å²) in [5.74, 6) is 0.0701. The first-order valence-corrected chi connectivity index (χ1v) is 10.1. The van der Waals surface area contributed by atoms with Crippen molar-refractivity contribution < 1.29 is 4.79 Å². The molecule has 1 aromatic heterocycles. The number of benzene rings is 2. The van der Waals surface area contributed by atoms with Crippen molar-refractivity contribution in [1.82, 2.24) is 14.8 Å². The van der Waals surface area contributed by atoms with Gasteiger partial charge in [-0.2, -0.15) is 0 Å². The Morgan fingerprint density at radius 3 is 2.27 bits per heavy atom. The topological polar surface area (TPSA) is 51.0 Å². The number of carbonyl (C=O) groups is 1. The fraction of sp³-hybridized carbons (Fsp3) is 0.211. The van der Waals surface area contributed by atoms with Crippen LogP contribution in [0.15, 0.2) is 69.8 Å². The number of aromatic nitrogens is 3. The first-order valence-electron chi connectivity index (χ1n) is 8.39. The molecule has 7 heteroatoms. The Bertz CT molecular complexity index is 910. The Labute approximate surface area is 160 Å². The molecular weight excluding hydrogens is 364 g/mol. The summed E-state index contributed by atoms with van der Waals surface area (Å²) in [6, 6.07) is 16.1. The van der Waals surface area contributed by atoms with Crippen molar-refractivity contribution in [2.75, 3.05) is 4.90 Å². The van der Waals surface area contributed by atoms with Crippen LogP contribution in [0.2, 0.25) is 0 Å². The highest BCUT2D eigenvalue weighted by Gasteiger charge is 2.32. The van der Waals surface area contributed by atoms with Crippen molar-refractivity contribution in [2.45, 2.75) is 33.5 Å². The molecule has 1 aliphatic heterocycles. The summed E-state index contributed by atoms with van der Waals surface area (Å²) in [6.45, 7) is 2.03. The maximum atomic E-state index is 13.5. The van der Waals surface area contributed by atoms with Crippen molar-refractivity contribution in [3.8, 4) is 0 Å². The number of rotatable bonds is 4. The van der Waals surface area contributed by atoms with Crippen LogP contribution in [-0.2, 0) is 11.8 Å². The predicted molar refractivity (Wildman–Crippen MR) is 105 cm³/mol. The third-order valence-corrected chi connectivity index (χ3v) is 6.75. The second kappa shape index (κ2) is 7.17. The Balaban J connectivity index is 1.74. The van der Waals surface area contributed by atoms with Gasteiger partial charge in [-0.05, 0) is 30.7 Å². The number of carbonyl (C=O) groups excluding carboxylic acids is 1. The highest BCUT2D eigenvalue weighted by molar-refractivity contribution is 8.00. The number of para-hydroxylation sites is 2. The van der Waals surface area contributed by atoms with Crippen LogP contribution in [0.1, 0.15) is 13.3 Å². The first-order chi connectivity index (χ1) is 12.7. The summed E-state index contributed by atoms with van der Waals surface area (Å²) >= 11 is 3.17. The summed E-state index contributed by atoms with van der Waals surface area (Å²) in [5.41, 5.74) is 1.89. The molecule has 1 amide bonds. The number of aryl methyl sites for hydroxylation is 1. The van der Waals surface area contributed by atoms with Crippen LogP contribution in [0, 0.1) is 0 Å². The van der Waals surface area contributed by atoms with Gasteiger partial charge in [-0.1, -0.05) is 54.7 Å². The van der Waals surface area contributed by atoms with Gasteiger partial charge < -0.3 is 4.57 Å². The van der Waals surface area contributed by atoms with Gasteiger partial charge in [0, 0.05) is 16.8 Å². The van der Waals surface area contributed by atoms with Crippen molar-refractivity contribution >= 4 is 40.8 Å². The minimum atomic E-state index is -0.234. The molecule has 0 spiro atoms. The summed E-state index contributed by atoms with van der Waals surface area (Å²) in [6.07, 6.45) is 2.37. The standard InChI is InChI=1S/C19H18N4OS2/c1-3-15(26-19-21-20-12-22(19)2)18(24)23-13-8-4-6-10-16(13)25-17-11-7-5-9-14(17)23/h4-12,15H,3H2,1-2H3. The van der Waals surface area contributed by atoms with Crippen molar-refractivity contribution in [3.05, 3.63) is 54.9 Å². The Kier molecular flexibility index (Phi) is 4.74. The highest BCUT2D eigenvalue weighted by Crippen LogP contribution is 2.48. The number of fused-ring (bicyclic) bond motifs is 2. The van der Waals surface area contributed by atoms with Crippen molar-refractivity contribution in [1.29, 1.82) is 0 Å². The zero-order valence-electron chi connectivity index (χ0n) is 14.5. The summed E-state index contributed by atoms with van der Waals surface area (Å²) in [5, 5.41) is 8.55. The molecule has 132 valence electrons. The van der Waals surface area contributed by atoms with E-state index in [0.717, 1.165) is 26.3 Å². The lowest BCUT2D eigenvalue weighted by atomic mass is 10.2. The van der Waals surface area contributed by atoms with E-state index in [9.17, 15) is 4.79 Å². The van der Waals surface area contributed by atoms with Gasteiger partial charge >= 0.3 is 0 Å². The zero-order valence-corrected chi connectivity index (χ0v) is 16.1. The first kappa shape index (κ1) is 17.2. The van der Waals surface area contributed by atoms with Crippen LogP contribution in [0.5, 0.6) is 0 Å². The number of nitrogens with zero attached hydrogens (tertiary/aromatic N) is 4. The van der Waals surface area contributed by atoms with E-state index in [1.165, 1.54) is 11.8 Å². The van der Waals surface area contributed by atoms with E-state index in [2.05, 4.69) is 22.3 Å². The third kappa shape index (κ3) is 3.01. The minimum absolute atomic E-state index is 0.0701. The van der Waals surface area contributed by atoms with Crippen LogP contribution >= 0.6 is 23.5 Å². The predicted octanol–water partition coefficient (Wildman–Crippen LogP) is 4.52. The molecule has 4 rings (SSSR count). The highest BCUT2D eigenvalue weighted by atomic mass is 32.2. The second-order valence-corrected chi connectivity index (χ2v) is 8.20. The molecule has 1 aliphatic rings. The normalized spacial score (nSPS) is 13.8. The van der Waals surface area contributed by atoms with Crippen molar-refractivity contribution in [2.24, 2.45) is 7.05 Å². The smallest absolute Gasteiger partial charge is 0.245 e. The number of thioether (sulfide) groups is 1. The summed E-state index contributed by atoms with van der Waals surface area (Å²) in [7, 11) is 1.89. The van der Waals surface area contributed by atoms with E-state index in [1.54, 1.807) is 18.1 Å². The van der Waals surface area contributed by atoms with Gasteiger partial charge in [0.2, 0.25) is 5.91 Å². The second-order valence-electron chi connectivity index (χ2n) is 5.95. The lowest BCUT2D eigenvalue weighted by Gasteiger charge is -2.33. The molecule has 0 fully saturated rings. The van der Waals surface area contributed by atoms with Gasteiger partial charge in [0.25, 0.3) is 0 Å². The molecule has 26 heavy (non-hydrogen) atoms. The van der Waals surface area contributed by atoms with Crippen LogP contribution in [0.25, 0.3) is 0 Å². The molecule has 0 N–H and O–H groups in total.